The summed E-state index contributed by atoms with van der Waals surface area (Å²) in [5.74, 6) is 0.0517. The van der Waals surface area contributed by atoms with Crippen LogP contribution in [0.3, 0.4) is 0 Å². The molecule has 172 valence electrons. The topological polar surface area (TPSA) is 37.3 Å². The van der Waals surface area contributed by atoms with E-state index in [1.54, 1.807) is 0 Å². The molecule has 34 heavy (non-hydrogen) atoms. The van der Waals surface area contributed by atoms with Gasteiger partial charge in [0.2, 0.25) is 0 Å². The average Bonchev–Trinajstić information content (AvgIpc) is 3.28. The summed E-state index contributed by atoms with van der Waals surface area (Å²) >= 11 is 0. The second kappa shape index (κ2) is 8.77. The fourth-order valence-electron chi connectivity index (χ4n) is 6.15. The van der Waals surface area contributed by atoms with Crippen molar-refractivity contribution in [3.8, 4) is 11.3 Å². The van der Waals surface area contributed by atoms with E-state index in [0.717, 1.165) is 47.1 Å². The van der Waals surface area contributed by atoms with Gasteiger partial charge in [-0.05, 0) is 49.9 Å². The predicted molar refractivity (Wildman–Crippen MR) is 138 cm³/mol. The third-order valence-electron chi connectivity index (χ3n) is 7.86. The minimum absolute atomic E-state index is 0.0517. The molecule has 4 heteroatoms. The number of carbonyl (C=O) groups excluding carboxylic acids is 1. The van der Waals surface area contributed by atoms with E-state index in [1.807, 2.05) is 18.2 Å². The standard InChI is InChI=1S/C30H31N3O/c1-32-24-16-17-25(32)19-23(18-24)31-30(34)28-26-14-8-9-15-27(26)33(20-21-10-4-2-5-11-21)29(28)22-12-6-3-7-13-22/h2-15,23-25H,16-20H2,1H3,(H,31,34). The van der Waals surface area contributed by atoms with Crippen LogP contribution in [0.5, 0.6) is 0 Å². The number of amides is 1. The zero-order chi connectivity index (χ0) is 23.1. The Hall–Kier alpha value is -3.37. The van der Waals surface area contributed by atoms with Crippen LogP contribution >= 0.6 is 0 Å². The van der Waals surface area contributed by atoms with Crippen molar-refractivity contribution < 1.29 is 4.79 Å². The fraction of sp³-hybridized carbons (Fsp3) is 0.300. The van der Waals surface area contributed by atoms with Crippen molar-refractivity contribution in [1.29, 1.82) is 0 Å². The van der Waals surface area contributed by atoms with Gasteiger partial charge in [0, 0.05) is 35.6 Å². The fourth-order valence-corrected chi connectivity index (χ4v) is 6.15. The Labute approximate surface area is 201 Å². The molecule has 1 aromatic heterocycles. The first-order valence-electron chi connectivity index (χ1n) is 12.4. The number of hydrogen-bond acceptors (Lipinski definition) is 2. The zero-order valence-electron chi connectivity index (χ0n) is 19.7. The van der Waals surface area contributed by atoms with Crippen molar-refractivity contribution in [3.05, 3.63) is 96.1 Å². The molecule has 0 radical (unpaired) electrons. The van der Waals surface area contributed by atoms with E-state index < -0.39 is 0 Å². The third-order valence-corrected chi connectivity index (χ3v) is 7.86. The number of aromatic nitrogens is 1. The first kappa shape index (κ1) is 21.2. The molecule has 2 aliphatic rings. The second-order valence-electron chi connectivity index (χ2n) is 9.87. The minimum Gasteiger partial charge on any atom is -0.349 e. The van der Waals surface area contributed by atoms with E-state index in [2.05, 4.69) is 88.6 Å². The molecule has 3 heterocycles. The summed E-state index contributed by atoms with van der Waals surface area (Å²) in [4.78, 5) is 16.5. The Morgan fingerprint density at radius 2 is 1.47 bits per heavy atom. The number of hydrogen-bond donors (Lipinski definition) is 1. The molecule has 0 saturated carbocycles. The average molecular weight is 450 g/mol. The highest BCUT2D eigenvalue weighted by atomic mass is 16.1. The van der Waals surface area contributed by atoms with Gasteiger partial charge in [0.15, 0.2) is 0 Å². The summed E-state index contributed by atoms with van der Waals surface area (Å²) < 4.78 is 2.31. The lowest BCUT2D eigenvalue weighted by atomic mass is 9.97. The highest BCUT2D eigenvalue weighted by molar-refractivity contribution is 6.13. The summed E-state index contributed by atoms with van der Waals surface area (Å²) in [6.45, 7) is 0.719. The van der Waals surface area contributed by atoms with Crippen LogP contribution in [0, 0.1) is 0 Å². The van der Waals surface area contributed by atoms with Gasteiger partial charge >= 0.3 is 0 Å². The van der Waals surface area contributed by atoms with Crippen LogP contribution in [0.2, 0.25) is 0 Å². The van der Waals surface area contributed by atoms with E-state index in [4.69, 9.17) is 0 Å². The van der Waals surface area contributed by atoms with Crippen molar-refractivity contribution in [2.75, 3.05) is 7.05 Å². The van der Waals surface area contributed by atoms with E-state index in [-0.39, 0.29) is 11.9 Å². The molecule has 2 fully saturated rings. The van der Waals surface area contributed by atoms with Crippen LogP contribution in [0.15, 0.2) is 84.9 Å². The van der Waals surface area contributed by atoms with Crippen LogP contribution in [-0.4, -0.2) is 40.5 Å². The molecular formula is C30H31N3O. The van der Waals surface area contributed by atoms with Gasteiger partial charge in [0.25, 0.3) is 5.91 Å². The number of fused-ring (bicyclic) bond motifs is 3. The lowest BCUT2D eigenvalue weighted by Gasteiger charge is -2.36. The highest BCUT2D eigenvalue weighted by Gasteiger charge is 2.39. The molecule has 2 unspecified atom stereocenters. The van der Waals surface area contributed by atoms with Gasteiger partial charge in [-0.1, -0.05) is 78.9 Å². The summed E-state index contributed by atoms with van der Waals surface area (Å²) in [7, 11) is 2.24. The second-order valence-corrected chi connectivity index (χ2v) is 9.87. The van der Waals surface area contributed by atoms with Gasteiger partial charge in [-0.3, -0.25) is 4.79 Å². The van der Waals surface area contributed by atoms with Crippen molar-refractivity contribution in [2.24, 2.45) is 0 Å². The lowest BCUT2D eigenvalue weighted by molar-refractivity contribution is 0.0884. The van der Waals surface area contributed by atoms with Gasteiger partial charge in [-0.25, -0.2) is 0 Å². The Kier molecular flexibility index (Phi) is 5.46. The molecule has 2 atom stereocenters. The molecular weight excluding hydrogens is 418 g/mol. The molecule has 6 rings (SSSR count). The Morgan fingerprint density at radius 3 is 2.18 bits per heavy atom. The van der Waals surface area contributed by atoms with Crippen molar-refractivity contribution >= 4 is 16.8 Å². The van der Waals surface area contributed by atoms with Crippen LogP contribution in [-0.2, 0) is 6.54 Å². The molecule has 4 aromatic rings. The minimum atomic E-state index is 0.0517. The molecule has 2 saturated heterocycles. The van der Waals surface area contributed by atoms with Gasteiger partial charge in [-0.15, -0.1) is 0 Å². The van der Waals surface area contributed by atoms with Crippen LogP contribution < -0.4 is 5.32 Å². The Bertz CT molecular complexity index is 1300. The van der Waals surface area contributed by atoms with Crippen molar-refractivity contribution in [3.63, 3.8) is 0 Å². The third kappa shape index (κ3) is 3.72. The summed E-state index contributed by atoms with van der Waals surface area (Å²) in [5, 5.41) is 4.48. The van der Waals surface area contributed by atoms with Crippen LogP contribution in [0.25, 0.3) is 22.2 Å². The maximum Gasteiger partial charge on any atom is 0.254 e. The maximum absolute atomic E-state index is 14.0. The van der Waals surface area contributed by atoms with Gasteiger partial charge < -0.3 is 14.8 Å². The number of nitrogens with one attached hydrogen (secondary N) is 1. The van der Waals surface area contributed by atoms with Gasteiger partial charge in [0.05, 0.1) is 11.3 Å². The smallest absolute Gasteiger partial charge is 0.254 e. The highest BCUT2D eigenvalue weighted by Crippen LogP contribution is 2.37. The molecule has 2 aliphatic heterocycles. The quantitative estimate of drug-likeness (QED) is 0.424. The molecule has 0 aliphatic carbocycles. The lowest BCUT2D eigenvalue weighted by Crippen LogP contribution is -2.48. The predicted octanol–water partition coefficient (Wildman–Crippen LogP) is 5.71. The first-order valence-corrected chi connectivity index (χ1v) is 12.4. The van der Waals surface area contributed by atoms with Crippen LogP contribution in [0.4, 0.5) is 0 Å². The zero-order valence-corrected chi connectivity index (χ0v) is 19.7. The number of nitrogens with zero attached hydrogens (tertiary/aromatic N) is 2. The molecule has 3 aromatic carbocycles. The van der Waals surface area contributed by atoms with E-state index in [0.29, 0.717) is 12.1 Å². The largest absolute Gasteiger partial charge is 0.349 e. The maximum atomic E-state index is 14.0. The number of para-hydroxylation sites is 1. The van der Waals surface area contributed by atoms with Gasteiger partial charge in [0.1, 0.15) is 0 Å². The first-order chi connectivity index (χ1) is 16.7. The van der Waals surface area contributed by atoms with E-state index in [1.165, 1.54) is 18.4 Å². The number of benzene rings is 3. The normalized spacial score (nSPS) is 22.2. The molecule has 2 bridgehead atoms. The van der Waals surface area contributed by atoms with Gasteiger partial charge in [-0.2, -0.15) is 0 Å². The molecule has 4 nitrogen and oxygen atoms in total. The van der Waals surface area contributed by atoms with E-state index in [9.17, 15) is 4.79 Å². The SMILES string of the molecule is CN1C2CCC1CC(NC(=O)c1c(-c3ccccc3)n(Cc3ccccc3)c3ccccc13)C2. The van der Waals surface area contributed by atoms with Crippen molar-refractivity contribution in [2.45, 2.75) is 50.4 Å². The summed E-state index contributed by atoms with van der Waals surface area (Å²) in [6.07, 6.45) is 4.59. The van der Waals surface area contributed by atoms with Crippen molar-refractivity contribution in [1.82, 2.24) is 14.8 Å². The summed E-state index contributed by atoms with van der Waals surface area (Å²) in [5.41, 5.74) is 5.18. The molecule has 0 spiro atoms. The van der Waals surface area contributed by atoms with E-state index >= 15 is 0 Å². The molecule has 1 amide bonds. The number of rotatable bonds is 5. The summed E-state index contributed by atoms with van der Waals surface area (Å²) in [6, 6.07) is 30.6. The monoisotopic (exact) mass is 449 g/mol. The van der Waals surface area contributed by atoms with Crippen LogP contribution in [0.1, 0.15) is 41.6 Å². The number of carbonyl (C=O) groups is 1. The number of piperidine rings is 1. The molecule has 1 N–H and O–H groups in total. The Morgan fingerprint density at radius 1 is 0.853 bits per heavy atom. The Balaban J connectivity index is 1.45.